The van der Waals surface area contributed by atoms with Gasteiger partial charge in [-0.3, -0.25) is 9.59 Å². The second-order valence-corrected chi connectivity index (χ2v) is 6.69. The lowest BCUT2D eigenvalue weighted by Gasteiger charge is -2.31. The maximum Gasteiger partial charge on any atom is 0.227 e. The van der Waals surface area contributed by atoms with Gasteiger partial charge in [0, 0.05) is 38.6 Å². The van der Waals surface area contributed by atoms with Gasteiger partial charge < -0.3 is 20.3 Å². The van der Waals surface area contributed by atoms with Crippen LogP contribution in [0.1, 0.15) is 24.8 Å². The van der Waals surface area contributed by atoms with Crippen molar-refractivity contribution in [1.82, 2.24) is 9.80 Å². The van der Waals surface area contributed by atoms with Crippen LogP contribution < -0.4 is 10.5 Å². The molecule has 2 saturated heterocycles. The summed E-state index contributed by atoms with van der Waals surface area (Å²) in [4.78, 5) is 28.5. The summed E-state index contributed by atoms with van der Waals surface area (Å²) in [6, 6.07) is 7.87. The molecule has 0 saturated carbocycles. The number of carbonyl (C=O) groups is 2. The highest BCUT2D eigenvalue weighted by Gasteiger charge is 2.37. The summed E-state index contributed by atoms with van der Waals surface area (Å²) in [6.45, 7) is 2.47. The van der Waals surface area contributed by atoms with Crippen molar-refractivity contribution in [2.24, 2.45) is 11.7 Å². The first-order valence-corrected chi connectivity index (χ1v) is 8.52. The number of ether oxygens (including phenoxy) is 1. The third-order valence-corrected chi connectivity index (χ3v) is 4.95. The summed E-state index contributed by atoms with van der Waals surface area (Å²) < 4.78 is 5.14. The summed E-state index contributed by atoms with van der Waals surface area (Å²) in [5, 5.41) is 0. The molecule has 138 valence electrons. The van der Waals surface area contributed by atoms with E-state index in [2.05, 4.69) is 0 Å². The number of piperidine rings is 1. The summed E-state index contributed by atoms with van der Waals surface area (Å²) in [5.41, 5.74) is 6.93. The van der Waals surface area contributed by atoms with Crippen LogP contribution in [0.2, 0.25) is 0 Å². The molecule has 6 nitrogen and oxygen atoms in total. The maximum atomic E-state index is 12.6. The molecule has 0 radical (unpaired) electrons. The predicted molar refractivity (Wildman–Crippen MR) is 97.6 cm³/mol. The van der Waals surface area contributed by atoms with E-state index in [1.54, 1.807) is 12.0 Å². The first kappa shape index (κ1) is 19.5. The van der Waals surface area contributed by atoms with Gasteiger partial charge in [-0.25, -0.2) is 0 Å². The van der Waals surface area contributed by atoms with Crippen molar-refractivity contribution in [3.8, 4) is 5.75 Å². The van der Waals surface area contributed by atoms with E-state index in [1.165, 1.54) is 0 Å². The molecule has 1 aromatic rings. The number of hydrogen-bond acceptors (Lipinski definition) is 4. The molecule has 0 aromatic heterocycles. The highest BCUT2D eigenvalue weighted by atomic mass is 35.5. The Hall–Kier alpha value is -1.79. The molecule has 2 N–H and O–H groups in total. The maximum absolute atomic E-state index is 12.6. The number of amides is 2. The lowest BCUT2D eigenvalue weighted by Crippen LogP contribution is -2.45. The molecule has 2 aliphatic heterocycles. The Kier molecular flexibility index (Phi) is 6.67. The Morgan fingerprint density at radius 1 is 1.24 bits per heavy atom. The second-order valence-electron chi connectivity index (χ2n) is 6.69. The number of hydrogen-bond donors (Lipinski definition) is 1. The lowest BCUT2D eigenvalue weighted by atomic mass is 10.0. The molecule has 1 aromatic carbocycles. The van der Waals surface area contributed by atoms with Gasteiger partial charge in [-0.2, -0.15) is 0 Å². The van der Waals surface area contributed by atoms with Gasteiger partial charge in [0.05, 0.1) is 13.0 Å². The van der Waals surface area contributed by atoms with E-state index < -0.39 is 0 Å². The van der Waals surface area contributed by atoms with E-state index in [0.29, 0.717) is 32.6 Å². The van der Waals surface area contributed by atoms with Crippen molar-refractivity contribution in [3.05, 3.63) is 29.8 Å². The van der Waals surface area contributed by atoms with Crippen LogP contribution in [0.15, 0.2) is 24.3 Å². The quantitative estimate of drug-likeness (QED) is 0.873. The molecule has 2 heterocycles. The molecule has 7 heteroatoms. The zero-order chi connectivity index (χ0) is 17.1. The van der Waals surface area contributed by atoms with Crippen molar-refractivity contribution < 1.29 is 14.3 Å². The van der Waals surface area contributed by atoms with E-state index in [-0.39, 0.29) is 36.2 Å². The SMILES string of the molecule is COc1ccc(CN2CC(C(=O)N3CCC(N)CC3)CC2=O)cc1.Cl. The molecule has 3 rings (SSSR count). The molecule has 2 amide bonds. The molecule has 0 aliphatic carbocycles. The van der Waals surface area contributed by atoms with Crippen molar-refractivity contribution in [1.29, 1.82) is 0 Å². The normalized spacial score (nSPS) is 21.2. The van der Waals surface area contributed by atoms with Crippen LogP contribution in [0.5, 0.6) is 5.75 Å². The molecule has 2 aliphatic rings. The molecule has 0 bridgehead atoms. The topological polar surface area (TPSA) is 75.9 Å². The fraction of sp³-hybridized carbons (Fsp3) is 0.556. The van der Waals surface area contributed by atoms with Gasteiger partial charge >= 0.3 is 0 Å². The number of carbonyl (C=O) groups excluding carboxylic acids is 2. The van der Waals surface area contributed by atoms with Gasteiger partial charge in [-0.1, -0.05) is 12.1 Å². The molecular formula is C18H26ClN3O3. The number of halogens is 1. The average Bonchev–Trinajstić information content (AvgIpc) is 2.96. The van der Waals surface area contributed by atoms with Crippen molar-refractivity contribution >= 4 is 24.2 Å². The summed E-state index contributed by atoms with van der Waals surface area (Å²) in [5.74, 6) is 0.735. The molecule has 1 unspecified atom stereocenters. The van der Waals surface area contributed by atoms with E-state index >= 15 is 0 Å². The largest absolute Gasteiger partial charge is 0.497 e. The fourth-order valence-electron chi connectivity index (χ4n) is 3.42. The summed E-state index contributed by atoms with van der Waals surface area (Å²) in [6.07, 6.45) is 2.02. The number of benzene rings is 1. The number of likely N-dealkylation sites (tertiary alicyclic amines) is 2. The van der Waals surface area contributed by atoms with Crippen LogP contribution in [-0.4, -0.2) is 54.4 Å². The number of nitrogens with two attached hydrogens (primary N) is 1. The van der Waals surface area contributed by atoms with E-state index in [9.17, 15) is 9.59 Å². The highest BCUT2D eigenvalue weighted by Crippen LogP contribution is 2.24. The minimum Gasteiger partial charge on any atom is -0.497 e. The minimum absolute atomic E-state index is 0. The molecule has 25 heavy (non-hydrogen) atoms. The van der Waals surface area contributed by atoms with Crippen LogP contribution in [0.4, 0.5) is 0 Å². The Morgan fingerprint density at radius 3 is 2.48 bits per heavy atom. The van der Waals surface area contributed by atoms with Gasteiger partial charge in [-0.15, -0.1) is 12.4 Å². The van der Waals surface area contributed by atoms with Crippen molar-refractivity contribution in [2.45, 2.75) is 31.8 Å². The van der Waals surface area contributed by atoms with Gasteiger partial charge in [-0.05, 0) is 30.5 Å². The third kappa shape index (κ3) is 4.64. The zero-order valence-corrected chi connectivity index (χ0v) is 15.3. The fourth-order valence-corrected chi connectivity index (χ4v) is 3.42. The van der Waals surface area contributed by atoms with Gasteiger partial charge in [0.15, 0.2) is 0 Å². The van der Waals surface area contributed by atoms with Crippen LogP contribution in [-0.2, 0) is 16.1 Å². The highest BCUT2D eigenvalue weighted by molar-refractivity contribution is 5.89. The number of nitrogens with zero attached hydrogens (tertiary/aromatic N) is 2. The summed E-state index contributed by atoms with van der Waals surface area (Å²) >= 11 is 0. The Bertz CT molecular complexity index is 600. The van der Waals surface area contributed by atoms with Crippen LogP contribution in [0.3, 0.4) is 0 Å². The number of methoxy groups -OCH3 is 1. The summed E-state index contributed by atoms with van der Waals surface area (Å²) in [7, 11) is 1.63. The van der Waals surface area contributed by atoms with E-state index in [4.69, 9.17) is 10.5 Å². The van der Waals surface area contributed by atoms with E-state index in [0.717, 1.165) is 24.2 Å². The molecule has 2 fully saturated rings. The first-order chi connectivity index (χ1) is 11.6. The average molecular weight is 368 g/mol. The Morgan fingerprint density at radius 2 is 1.88 bits per heavy atom. The van der Waals surface area contributed by atoms with E-state index in [1.807, 2.05) is 29.2 Å². The Balaban J connectivity index is 0.00000225. The minimum atomic E-state index is -0.218. The lowest BCUT2D eigenvalue weighted by molar-refractivity contribution is -0.136. The van der Waals surface area contributed by atoms with Crippen molar-refractivity contribution in [3.63, 3.8) is 0 Å². The number of rotatable bonds is 4. The monoisotopic (exact) mass is 367 g/mol. The van der Waals surface area contributed by atoms with Crippen molar-refractivity contribution in [2.75, 3.05) is 26.7 Å². The van der Waals surface area contributed by atoms with Crippen LogP contribution >= 0.6 is 12.4 Å². The van der Waals surface area contributed by atoms with Gasteiger partial charge in [0.1, 0.15) is 5.75 Å². The smallest absolute Gasteiger partial charge is 0.227 e. The molecule has 1 atom stereocenters. The van der Waals surface area contributed by atoms with Gasteiger partial charge in [0.25, 0.3) is 0 Å². The second kappa shape index (κ2) is 8.54. The molecular weight excluding hydrogens is 342 g/mol. The van der Waals surface area contributed by atoms with Crippen LogP contribution in [0, 0.1) is 5.92 Å². The standard InChI is InChI=1S/C18H25N3O3.ClH/c1-24-16-4-2-13(3-5-16)11-21-12-14(10-17(21)22)18(23)20-8-6-15(19)7-9-20;/h2-5,14-15H,6-12,19H2,1H3;1H. The van der Waals surface area contributed by atoms with Crippen LogP contribution in [0.25, 0.3) is 0 Å². The Labute approximate surface area is 154 Å². The van der Waals surface area contributed by atoms with Gasteiger partial charge in [0.2, 0.25) is 11.8 Å². The first-order valence-electron chi connectivity index (χ1n) is 8.52. The molecule has 0 spiro atoms. The predicted octanol–water partition coefficient (Wildman–Crippen LogP) is 1.42. The third-order valence-electron chi connectivity index (χ3n) is 4.95. The zero-order valence-electron chi connectivity index (χ0n) is 14.5.